The number of likely N-dealkylation sites (N-methyl/N-ethyl adjacent to an activating group) is 1. The number of H-pyrrole nitrogens is 2. The Morgan fingerprint density at radius 1 is 0.955 bits per heavy atom. The van der Waals surface area contributed by atoms with Crippen LogP contribution in [0.15, 0.2) is 67.3 Å². The van der Waals surface area contributed by atoms with E-state index in [1.807, 2.05) is 44.4 Å². The van der Waals surface area contributed by atoms with Crippen LogP contribution in [-0.2, 0) is 0 Å². The molecule has 0 saturated carbocycles. The summed E-state index contributed by atoms with van der Waals surface area (Å²) in [4.78, 5) is 19.4. The topological polar surface area (TPSA) is 120 Å². The number of hydrogen-bond donors (Lipinski definition) is 4. The fraction of sp³-hybridized carbons (Fsp3) is 0.273. The largest absolute Gasteiger partial charge is 0.489 e. The van der Waals surface area contributed by atoms with E-state index in [1.165, 1.54) is 12.1 Å². The van der Waals surface area contributed by atoms with E-state index >= 15 is 0 Å². The third-order valence-corrected chi connectivity index (χ3v) is 7.90. The number of piperidine rings is 1. The van der Waals surface area contributed by atoms with Crippen LogP contribution in [-0.4, -0.2) is 81.4 Å². The van der Waals surface area contributed by atoms with E-state index in [9.17, 15) is 4.39 Å². The van der Waals surface area contributed by atoms with E-state index in [4.69, 9.17) is 9.72 Å². The van der Waals surface area contributed by atoms with Crippen molar-refractivity contribution >= 4 is 27.6 Å². The minimum absolute atomic E-state index is 0.184. The van der Waals surface area contributed by atoms with Crippen molar-refractivity contribution in [1.29, 1.82) is 0 Å². The first-order chi connectivity index (χ1) is 21.5. The third-order valence-electron chi connectivity index (χ3n) is 7.90. The maximum absolute atomic E-state index is 14.7. The second-order valence-corrected chi connectivity index (χ2v) is 11.4. The highest BCUT2D eigenvalue weighted by Crippen LogP contribution is 2.35. The lowest BCUT2D eigenvalue weighted by Crippen LogP contribution is -2.34. The summed E-state index contributed by atoms with van der Waals surface area (Å²) in [7, 11) is 4.02. The van der Waals surface area contributed by atoms with E-state index in [0.717, 1.165) is 93.9 Å². The van der Waals surface area contributed by atoms with Crippen molar-refractivity contribution in [2.24, 2.45) is 0 Å². The molecule has 4 N–H and O–H groups in total. The van der Waals surface area contributed by atoms with Crippen LogP contribution in [0.5, 0.6) is 5.75 Å². The summed E-state index contributed by atoms with van der Waals surface area (Å²) < 4.78 is 20.9. The second-order valence-electron chi connectivity index (χ2n) is 11.4. The van der Waals surface area contributed by atoms with Gasteiger partial charge >= 0.3 is 0 Å². The Hall–Kier alpha value is -4.87. The molecule has 1 fully saturated rings. The van der Waals surface area contributed by atoms with Gasteiger partial charge in [0.2, 0.25) is 0 Å². The SMILES string of the molecule is CN(C)CCNc1cc(F)cc(-c2cncc3[nH]c(-c4n[nH]c5ccc(-c6cncc(OC7CCNCC7)c6)nc45)cc23)c1. The predicted molar refractivity (Wildman–Crippen MR) is 171 cm³/mol. The molecule has 44 heavy (non-hydrogen) atoms. The lowest BCUT2D eigenvalue weighted by molar-refractivity contribution is 0.162. The number of aromatic amines is 2. The van der Waals surface area contributed by atoms with Gasteiger partial charge in [0, 0.05) is 47.7 Å². The van der Waals surface area contributed by atoms with Crippen LogP contribution in [0.1, 0.15) is 12.8 Å². The second kappa shape index (κ2) is 12.0. The van der Waals surface area contributed by atoms with Gasteiger partial charge in [-0.1, -0.05) is 0 Å². The summed E-state index contributed by atoms with van der Waals surface area (Å²) in [6.45, 7) is 3.47. The number of halogens is 1. The normalized spacial score (nSPS) is 14.1. The number of nitrogens with one attached hydrogen (secondary N) is 4. The number of aromatic nitrogens is 6. The summed E-state index contributed by atoms with van der Waals surface area (Å²) in [5, 5.41) is 15.3. The van der Waals surface area contributed by atoms with Crippen LogP contribution in [0.3, 0.4) is 0 Å². The van der Waals surface area contributed by atoms with Gasteiger partial charge in [-0.05, 0) is 88.1 Å². The number of ether oxygens (including phenoxy) is 1. The molecule has 5 aromatic heterocycles. The first-order valence-corrected chi connectivity index (χ1v) is 14.8. The van der Waals surface area contributed by atoms with E-state index in [2.05, 4.69) is 40.7 Å². The summed E-state index contributed by atoms with van der Waals surface area (Å²) >= 11 is 0. The molecule has 6 aromatic rings. The number of anilines is 1. The molecular formula is C33H34FN9O. The minimum atomic E-state index is -0.308. The number of rotatable bonds is 9. The van der Waals surface area contributed by atoms with Crippen LogP contribution < -0.4 is 15.4 Å². The van der Waals surface area contributed by atoms with Crippen molar-refractivity contribution in [3.63, 3.8) is 0 Å². The van der Waals surface area contributed by atoms with E-state index in [1.54, 1.807) is 24.8 Å². The monoisotopic (exact) mass is 591 g/mol. The molecule has 1 aromatic carbocycles. The molecule has 11 heteroatoms. The van der Waals surface area contributed by atoms with Crippen molar-refractivity contribution < 1.29 is 9.13 Å². The Morgan fingerprint density at radius 2 is 1.82 bits per heavy atom. The van der Waals surface area contributed by atoms with Crippen molar-refractivity contribution in [2.75, 3.05) is 45.6 Å². The molecule has 0 spiro atoms. The van der Waals surface area contributed by atoms with Crippen LogP contribution in [0, 0.1) is 5.82 Å². The fourth-order valence-electron chi connectivity index (χ4n) is 5.66. The lowest BCUT2D eigenvalue weighted by Gasteiger charge is -2.23. The van der Waals surface area contributed by atoms with Crippen LogP contribution >= 0.6 is 0 Å². The first kappa shape index (κ1) is 27.9. The van der Waals surface area contributed by atoms with Crippen molar-refractivity contribution in [3.05, 3.63) is 73.1 Å². The molecule has 1 saturated heterocycles. The van der Waals surface area contributed by atoms with Crippen molar-refractivity contribution in [1.82, 2.24) is 40.3 Å². The Bertz CT molecular complexity index is 1930. The molecule has 1 aliphatic heterocycles. The highest BCUT2D eigenvalue weighted by molar-refractivity contribution is 6.00. The Morgan fingerprint density at radius 3 is 2.68 bits per heavy atom. The molecule has 7 rings (SSSR count). The maximum atomic E-state index is 14.7. The molecule has 0 amide bonds. The summed E-state index contributed by atoms with van der Waals surface area (Å²) in [6, 6.07) is 12.9. The van der Waals surface area contributed by atoms with Gasteiger partial charge in [-0.15, -0.1) is 0 Å². The zero-order valence-electron chi connectivity index (χ0n) is 24.7. The highest BCUT2D eigenvalue weighted by Gasteiger charge is 2.18. The predicted octanol–water partition coefficient (Wildman–Crippen LogP) is 5.47. The Labute approximate surface area is 254 Å². The zero-order chi connectivity index (χ0) is 30.0. The van der Waals surface area contributed by atoms with Gasteiger partial charge in [-0.3, -0.25) is 15.1 Å². The number of benzene rings is 1. The van der Waals surface area contributed by atoms with Gasteiger partial charge in [-0.2, -0.15) is 5.10 Å². The third kappa shape index (κ3) is 5.84. The van der Waals surface area contributed by atoms with Crippen LogP contribution in [0.2, 0.25) is 0 Å². The number of hydrogen-bond acceptors (Lipinski definition) is 8. The van der Waals surface area contributed by atoms with Gasteiger partial charge in [-0.25, -0.2) is 9.37 Å². The molecular weight excluding hydrogens is 557 g/mol. The van der Waals surface area contributed by atoms with E-state index < -0.39 is 0 Å². The van der Waals surface area contributed by atoms with Gasteiger partial charge in [0.25, 0.3) is 0 Å². The zero-order valence-corrected chi connectivity index (χ0v) is 24.7. The van der Waals surface area contributed by atoms with E-state index in [0.29, 0.717) is 12.2 Å². The fourth-order valence-corrected chi connectivity index (χ4v) is 5.66. The van der Waals surface area contributed by atoms with Crippen LogP contribution in [0.4, 0.5) is 10.1 Å². The standard InChI is InChI=1S/C33H34FN9O/c1-43(2)10-9-38-23-12-20(11-22(34)14-23)27-18-37-19-31-26(27)15-30(39-31)33-32-29(41-42-33)4-3-28(40-32)21-13-25(17-36-16-21)44-24-5-7-35-8-6-24/h3-4,11-19,24,35,38-39H,5-10H2,1-2H3,(H,41,42). The number of nitrogens with zero attached hydrogens (tertiary/aromatic N) is 5. The van der Waals surface area contributed by atoms with Crippen molar-refractivity contribution in [2.45, 2.75) is 18.9 Å². The van der Waals surface area contributed by atoms with Crippen LogP contribution in [0.25, 0.3) is 55.7 Å². The Balaban J connectivity index is 1.21. The molecule has 0 unspecified atom stereocenters. The van der Waals surface area contributed by atoms with Gasteiger partial charge < -0.3 is 25.3 Å². The summed E-state index contributed by atoms with van der Waals surface area (Å²) in [5.74, 6) is 0.435. The average molecular weight is 592 g/mol. The quantitative estimate of drug-likeness (QED) is 0.175. The van der Waals surface area contributed by atoms with Crippen molar-refractivity contribution in [3.8, 4) is 39.5 Å². The molecule has 0 radical (unpaired) electrons. The molecule has 0 aliphatic carbocycles. The van der Waals surface area contributed by atoms with Gasteiger partial charge in [0.05, 0.1) is 34.8 Å². The highest BCUT2D eigenvalue weighted by atomic mass is 19.1. The number of pyridine rings is 3. The maximum Gasteiger partial charge on any atom is 0.138 e. The smallest absolute Gasteiger partial charge is 0.138 e. The Kier molecular flexibility index (Phi) is 7.63. The summed E-state index contributed by atoms with van der Waals surface area (Å²) in [6.07, 6.45) is 9.22. The molecule has 0 atom stereocenters. The molecule has 6 heterocycles. The minimum Gasteiger partial charge on any atom is -0.489 e. The molecule has 1 aliphatic rings. The molecule has 10 nitrogen and oxygen atoms in total. The van der Waals surface area contributed by atoms with E-state index in [-0.39, 0.29) is 11.9 Å². The first-order valence-electron chi connectivity index (χ1n) is 14.8. The van der Waals surface area contributed by atoms with Gasteiger partial charge in [0.1, 0.15) is 28.9 Å². The lowest BCUT2D eigenvalue weighted by atomic mass is 10.0. The average Bonchev–Trinajstić information content (AvgIpc) is 3.65. The number of fused-ring (bicyclic) bond motifs is 2. The van der Waals surface area contributed by atoms with Gasteiger partial charge in [0.15, 0.2) is 0 Å². The summed E-state index contributed by atoms with van der Waals surface area (Å²) in [5.41, 5.74) is 7.77. The molecule has 0 bridgehead atoms. The molecule has 224 valence electrons.